The second-order valence-electron chi connectivity index (χ2n) is 3.66. The molecule has 0 N–H and O–H groups in total. The first kappa shape index (κ1) is 11.9. The largest absolute Gasteiger partial charge is 0.450 e. The van der Waals surface area contributed by atoms with E-state index < -0.39 is 11.5 Å². The van der Waals surface area contributed by atoms with E-state index in [9.17, 15) is 9.59 Å². The molecule has 0 rings (SSSR count). The van der Waals surface area contributed by atoms with Gasteiger partial charge in [-0.3, -0.25) is 0 Å². The van der Waals surface area contributed by atoms with Gasteiger partial charge in [-0.05, 0) is 6.92 Å². The van der Waals surface area contributed by atoms with E-state index in [1.807, 2.05) is 0 Å². The minimum absolute atomic E-state index is 0.352. The molecule has 1 amide bonds. The number of nitrogens with zero attached hydrogens (tertiary/aromatic N) is 1. The Bertz CT molecular complexity index is 189. The molecule has 0 radical (unpaired) electrons. The zero-order valence-electron chi connectivity index (χ0n) is 8.66. The Kier molecular flexibility index (Phi) is 4.45. The summed E-state index contributed by atoms with van der Waals surface area (Å²) in [7, 11) is 1.61. The lowest BCUT2D eigenvalue weighted by Gasteiger charge is -2.24. The maximum atomic E-state index is 11.1. The van der Waals surface area contributed by atoms with Crippen molar-refractivity contribution in [1.82, 2.24) is 4.90 Å². The molecule has 0 saturated heterocycles. The molecule has 0 unspecified atom stereocenters. The first-order chi connectivity index (χ1) is 5.93. The van der Waals surface area contributed by atoms with Crippen LogP contribution in [0.15, 0.2) is 0 Å². The summed E-state index contributed by atoms with van der Waals surface area (Å²) in [5, 5.41) is 0. The molecule has 0 fully saturated rings. The molecule has 0 aromatic carbocycles. The number of aldehydes is 1. The normalized spacial score (nSPS) is 10.8. The van der Waals surface area contributed by atoms with E-state index in [0.29, 0.717) is 13.2 Å². The van der Waals surface area contributed by atoms with Crippen molar-refractivity contribution in [2.45, 2.75) is 20.8 Å². The van der Waals surface area contributed by atoms with Gasteiger partial charge in [0.1, 0.15) is 6.29 Å². The zero-order valence-corrected chi connectivity index (χ0v) is 8.66. The standard InChI is InChI=1S/C9H17NO3/c1-5-13-8(12)10(4)6-9(2,3)7-11/h7H,5-6H2,1-4H3. The Hall–Kier alpha value is -1.06. The average Bonchev–Trinajstić information content (AvgIpc) is 2.04. The highest BCUT2D eigenvalue weighted by molar-refractivity contribution is 5.68. The average molecular weight is 187 g/mol. The van der Waals surface area contributed by atoms with Gasteiger partial charge in [-0.25, -0.2) is 4.79 Å². The van der Waals surface area contributed by atoms with Crippen LogP contribution in [0.4, 0.5) is 4.79 Å². The molecule has 76 valence electrons. The lowest BCUT2D eigenvalue weighted by Crippen LogP contribution is -2.37. The molecule has 0 aliphatic carbocycles. The molecule has 0 bridgehead atoms. The van der Waals surface area contributed by atoms with Crippen LogP contribution in [0.5, 0.6) is 0 Å². The van der Waals surface area contributed by atoms with Crippen molar-refractivity contribution < 1.29 is 14.3 Å². The highest BCUT2D eigenvalue weighted by Crippen LogP contribution is 2.12. The number of carbonyl (C=O) groups is 2. The zero-order chi connectivity index (χ0) is 10.5. The molecule has 0 atom stereocenters. The monoisotopic (exact) mass is 187 g/mol. The van der Waals surface area contributed by atoms with Crippen LogP contribution in [0.1, 0.15) is 20.8 Å². The number of amides is 1. The van der Waals surface area contributed by atoms with Crippen molar-refractivity contribution in [3.05, 3.63) is 0 Å². The first-order valence-corrected chi connectivity index (χ1v) is 4.27. The maximum Gasteiger partial charge on any atom is 0.409 e. The van der Waals surface area contributed by atoms with Crippen molar-refractivity contribution in [1.29, 1.82) is 0 Å². The van der Waals surface area contributed by atoms with Gasteiger partial charge in [0.15, 0.2) is 0 Å². The molecular weight excluding hydrogens is 170 g/mol. The lowest BCUT2D eigenvalue weighted by atomic mass is 9.95. The lowest BCUT2D eigenvalue weighted by molar-refractivity contribution is -0.115. The Morgan fingerprint density at radius 3 is 2.46 bits per heavy atom. The fourth-order valence-electron chi connectivity index (χ4n) is 0.947. The number of rotatable bonds is 4. The highest BCUT2D eigenvalue weighted by atomic mass is 16.5. The van der Waals surface area contributed by atoms with Gasteiger partial charge >= 0.3 is 6.09 Å². The summed E-state index contributed by atoms with van der Waals surface area (Å²) >= 11 is 0. The molecule has 4 heteroatoms. The third kappa shape index (κ3) is 4.50. The van der Waals surface area contributed by atoms with Gasteiger partial charge in [0.05, 0.1) is 6.61 Å². The molecule has 0 aliphatic rings. The molecule has 0 heterocycles. The molecule has 0 spiro atoms. The summed E-state index contributed by atoms with van der Waals surface area (Å²) in [6.45, 7) is 6.02. The van der Waals surface area contributed by atoms with Gasteiger partial charge in [0.25, 0.3) is 0 Å². The number of hydrogen-bond acceptors (Lipinski definition) is 3. The minimum atomic E-state index is -0.512. The van der Waals surface area contributed by atoms with Gasteiger partial charge in [-0.15, -0.1) is 0 Å². The van der Waals surface area contributed by atoms with Crippen LogP contribution < -0.4 is 0 Å². The molecule has 0 saturated carbocycles. The number of ether oxygens (including phenoxy) is 1. The van der Waals surface area contributed by atoms with Gasteiger partial charge in [0.2, 0.25) is 0 Å². The van der Waals surface area contributed by atoms with Crippen molar-refractivity contribution in [3.8, 4) is 0 Å². The summed E-state index contributed by atoms with van der Waals surface area (Å²) in [5.74, 6) is 0. The molecule has 0 aromatic heterocycles. The van der Waals surface area contributed by atoms with Crippen molar-refractivity contribution >= 4 is 12.4 Å². The topological polar surface area (TPSA) is 46.6 Å². The molecular formula is C9H17NO3. The van der Waals surface area contributed by atoms with E-state index in [2.05, 4.69) is 0 Å². The van der Waals surface area contributed by atoms with E-state index in [-0.39, 0.29) is 0 Å². The Morgan fingerprint density at radius 1 is 1.54 bits per heavy atom. The van der Waals surface area contributed by atoms with Crippen molar-refractivity contribution in [2.75, 3.05) is 20.2 Å². The Labute approximate surface area is 78.9 Å². The quantitative estimate of drug-likeness (QED) is 0.623. The van der Waals surface area contributed by atoms with E-state index in [1.165, 1.54) is 4.90 Å². The molecule has 0 aliphatic heterocycles. The predicted molar refractivity (Wildman–Crippen MR) is 49.5 cm³/mol. The van der Waals surface area contributed by atoms with Crippen LogP contribution in [-0.4, -0.2) is 37.5 Å². The van der Waals surface area contributed by atoms with Crippen LogP contribution >= 0.6 is 0 Å². The summed E-state index contributed by atoms with van der Waals surface area (Å²) in [4.78, 5) is 23.1. The third-order valence-electron chi connectivity index (χ3n) is 1.54. The van der Waals surface area contributed by atoms with Gasteiger partial charge in [0, 0.05) is 19.0 Å². The van der Waals surface area contributed by atoms with Gasteiger partial charge in [-0.1, -0.05) is 13.8 Å². The van der Waals surface area contributed by atoms with E-state index in [0.717, 1.165) is 6.29 Å². The summed E-state index contributed by atoms with van der Waals surface area (Å²) in [6.07, 6.45) is 0.445. The second kappa shape index (κ2) is 4.84. The summed E-state index contributed by atoms with van der Waals surface area (Å²) in [5.41, 5.74) is -0.512. The van der Waals surface area contributed by atoms with E-state index in [1.54, 1.807) is 27.8 Å². The first-order valence-electron chi connectivity index (χ1n) is 4.27. The fourth-order valence-corrected chi connectivity index (χ4v) is 0.947. The summed E-state index contributed by atoms with van der Waals surface area (Å²) in [6, 6.07) is 0. The van der Waals surface area contributed by atoms with Crippen molar-refractivity contribution in [2.24, 2.45) is 5.41 Å². The van der Waals surface area contributed by atoms with Crippen LogP contribution in [0.3, 0.4) is 0 Å². The second-order valence-corrected chi connectivity index (χ2v) is 3.66. The predicted octanol–water partition coefficient (Wildman–Crippen LogP) is 1.30. The third-order valence-corrected chi connectivity index (χ3v) is 1.54. The Balaban J connectivity index is 4.06. The SMILES string of the molecule is CCOC(=O)N(C)CC(C)(C)C=O. The van der Waals surface area contributed by atoms with Crippen LogP contribution in [-0.2, 0) is 9.53 Å². The maximum absolute atomic E-state index is 11.1. The fraction of sp³-hybridized carbons (Fsp3) is 0.778. The van der Waals surface area contributed by atoms with E-state index in [4.69, 9.17) is 4.74 Å². The van der Waals surface area contributed by atoms with E-state index >= 15 is 0 Å². The number of carbonyl (C=O) groups excluding carboxylic acids is 2. The van der Waals surface area contributed by atoms with Crippen LogP contribution in [0.25, 0.3) is 0 Å². The van der Waals surface area contributed by atoms with Gasteiger partial charge in [-0.2, -0.15) is 0 Å². The minimum Gasteiger partial charge on any atom is -0.450 e. The Morgan fingerprint density at radius 2 is 2.08 bits per heavy atom. The van der Waals surface area contributed by atoms with Crippen molar-refractivity contribution in [3.63, 3.8) is 0 Å². The molecule has 4 nitrogen and oxygen atoms in total. The smallest absolute Gasteiger partial charge is 0.409 e. The number of hydrogen-bond donors (Lipinski definition) is 0. The highest BCUT2D eigenvalue weighted by Gasteiger charge is 2.22. The summed E-state index contributed by atoms with van der Waals surface area (Å²) < 4.78 is 4.77. The molecule has 13 heavy (non-hydrogen) atoms. The molecule has 0 aromatic rings. The van der Waals surface area contributed by atoms with Crippen LogP contribution in [0, 0.1) is 5.41 Å². The van der Waals surface area contributed by atoms with Crippen LogP contribution in [0.2, 0.25) is 0 Å². The van der Waals surface area contributed by atoms with Gasteiger partial charge < -0.3 is 14.4 Å².